The summed E-state index contributed by atoms with van der Waals surface area (Å²) in [6.07, 6.45) is 8.54. The van der Waals surface area contributed by atoms with Crippen LogP contribution in [0.15, 0.2) is 45.6 Å². The lowest BCUT2D eigenvalue weighted by Crippen LogP contribution is -2.67. The Bertz CT molecular complexity index is 1460. The third-order valence-electron chi connectivity index (χ3n) is 14.5. The van der Waals surface area contributed by atoms with Crippen LogP contribution < -0.4 is 0 Å². The molecule has 4 aliphatic carbocycles. The summed E-state index contributed by atoms with van der Waals surface area (Å²) in [5, 5.41) is 0. The lowest BCUT2D eigenvalue weighted by atomic mass is 9.44. The summed E-state index contributed by atoms with van der Waals surface area (Å²) >= 11 is 0. The Morgan fingerprint density at radius 2 is 1.04 bits per heavy atom. The van der Waals surface area contributed by atoms with Crippen molar-refractivity contribution in [1.29, 1.82) is 0 Å². The molecule has 8 nitrogen and oxygen atoms in total. The lowest BCUT2D eigenvalue weighted by Gasteiger charge is -2.63. The maximum Gasteiger partial charge on any atom is 0.334 e. The Morgan fingerprint density at radius 1 is 0.688 bits per heavy atom. The number of esters is 4. The van der Waals surface area contributed by atoms with E-state index < -0.39 is 11.2 Å². The van der Waals surface area contributed by atoms with Gasteiger partial charge in [-0.15, -0.1) is 0 Å². The average molecular weight is 663 g/mol. The molecule has 4 fully saturated rings. The molecule has 0 bridgehead atoms. The van der Waals surface area contributed by atoms with E-state index in [4.69, 9.17) is 18.9 Å². The van der Waals surface area contributed by atoms with Gasteiger partial charge in [-0.2, -0.15) is 0 Å². The molecular weight excluding hydrogens is 608 g/mol. The average Bonchev–Trinajstić information content (AvgIpc) is 3.46. The van der Waals surface area contributed by atoms with Gasteiger partial charge in [-0.05, 0) is 139 Å². The van der Waals surface area contributed by atoms with Gasteiger partial charge in [0.15, 0.2) is 11.2 Å². The number of carbonyl (C=O) groups is 4. The first-order chi connectivity index (χ1) is 22.5. The van der Waals surface area contributed by atoms with Crippen LogP contribution in [0.2, 0.25) is 0 Å². The van der Waals surface area contributed by atoms with Gasteiger partial charge in [-0.25, -0.2) is 19.2 Å². The predicted octanol–water partition coefficient (Wildman–Crippen LogP) is 7.66. The molecule has 8 heteroatoms. The minimum absolute atomic E-state index is 0.0545. The summed E-state index contributed by atoms with van der Waals surface area (Å²) in [5.74, 6) is -0.785. The van der Waals surface area contributed by atoms with Gasteiger partial charge in [0.1, 0.15) is 12.2 Å². The third kappa shape index (κ3) is 4.74. The first-order valence-electron chi connectivity index (χ1n) is 18.0. The summed E-state index contributed by atoms with van der Waals surface area (Å²) < 4.78 is 25.4. The fraction of sp³-hybridized carbons (Fsp3) is 0.700. The highest BCUT2D eigenvalue weighted by molar-refractivity contribution is 5.96. The standard InChI is InChI=1S/C40H54O8/c1-11-21(3)33(41)45-31-15-13-27-17-39(29(23(5)35(43)47-39)19-37(27,9)25(31)7)40-18-28-14-16-32(46-34(42)22(4)12-2)26(8)38(28,10)20-30(40)24(6)36(44)48-40/h11-12,25-28,31-32H,13-20H2,1-10H3. The molecule has 0 aromatic rings. The van der Waals surface area contributed by atoms with Crippen LogP contribution in [0.4, 0.5) is 0 Å². The van der Waals surface area contributed by atoms with Gasteiger partial charge in [0, 0.05) is 22.3 Å². The molecule has 0 aromatic heterocycles. The van der Waals surface area contributed by atoms with E-state index in [2.05, 4.69) is 27.7 Å². The molecule has 0 saturated heterocycles. The Balaban J connectivity index is 1.37. The summed E-state index contributed by atoms with van der Waals surface area (Å²) in [6, 6.07) is 0. The molecule has 0 N–H and O–H groups in total. The zero-order chi connectivity index (χ0) is 35.1. The van der Waals surface area contributed by atoms with Crippen molar-refractivity contribution in [1.82, 2.24) is 0 Å². The molecule has 0 spiro atoms. The van der Waals surface area contributed by atoms with Gasteiger partial charge in [0.05, 0.1) is 0 Å². The highest BCUT2D eigenvalue weighted by Gasteiger charge is 2.74. The number of carbonyl (C=O) groups excluding carboxylic acids is 4. The molecule has 6 rings (SSSR count). The first kappa shape index (κ1) is 34.7. The predicted molar refractivity (Wildman–Crippen MR) is 180 cm³/mol. The highest BCUT2D eigenvalue weighted by Crippen LogP contribution is 2.70. The maximum absolute atomic E-state index is 13.7. The first-order valence-corrected chi connectivity index (χ1v) is 18.0. The topological polar surface area (TPSA) is 105 Å². The normalized spacial score (nSPS) is 42.7. The summed E-state index contributed by atoms with van der Waals surface area (Å²) in [5.41, 5.74) is 1.64. The van der Waals surface area contributed by atoms with Crippen molar-refractivity contribution in [3.63, 3.8) is 0 Å². The van der Waals surface area contributed by atoms with Crippen molar-refractivity contribution in [3.8, 4) is 0 Å². The van der Waals surface area contributed by atoms with Crippen LogP contribution in [0, 0.1) is 34.5 Å². The molecule has 10 unspecified atom stereocenters. The van der Waals surface area contributed by atoms with E-state index in [1.165, 1.54) is 0 Å². The molecular formula is C40H54O8. The molecule has 262 valence electrons. The Kier molecular flexibility index (Phi) is 8.47. The maximum atomic E-state index is 13.7. The molecule has 6 aliphatic rings. The monoisotopic (exact) mass is 662 g/mol. The van der Waals surface area contributed by atoms with E-state index in [1.54, 1.807) is 26.0 Å². The van der Waals surface area contributed by atoms with Crippen molar-refractivity contribution in [3.05, 3.63) is 45.6 Å². The molecule has 0 radical (unpaired) electrons. The Morgan fingerprint density at radius 3 is 1.38 bits per heavy atom. The Hall–Kier alpha value is -3.16. The van der Waals surface area contributed by atoms with Crippen molar-refractivity contribution >= 4 is 23.9 Å². The molecule has 10 atom stereocenters. The van der Waals surface area contributed by atoms with Gasteiger partial charge >= 0.3 is 23.9 Å². The summed E-state index contributed by atoms with van der Waals surface area (Å²) in [6.45, 7) is 19.8. The van der Waals surface area contributed by atoms with Crippen molar-refractivity contribution in [2.24, 2.45) is 34.5 Å². The lowest BCUT2D eigenvalue weighted by molar-refractivity contribution is -0.217. The van der Waals surface area contributed by atoms with Crippen LogP contribution in [0.5, 0.6) is 0 Å². The van der Waals surface area contributed by atoms with Crippen LogP contribution in [0.25, 0.3) is 0 Å². The Labute approximate surface area is 285 Å². The number of rotatable bonds is 5. The fourth-order valence-corrected chi connectivity index (χ4v) is 10.5. The van der Waals surface area contributed by atoms with Gasteiger partial charge in [0.2, 0.25) is 0 Å². The van der Waals surface area contributed by atoms with E-state index in [1.807, 2.05) is 27.7 Å². The van der Waals surface area contributed by atoms with Crippen LogP contribution in [0.3, 0.4) is 0 Å². The largest absolute Gasteiger partial charge is 0.459 e. The smallest absolute Gasteiger partial charge is 0.334 e. The molecule has 0 amide bonds. The zero-order valence-corrected chi connectivity index (χ0v) is 30.5. The van der Waals surface area contributed by atoms with Gasteiger partial charge in [0.25, 0.3) is 0 Å². The third-order valence-corrected chi connectivity index (χ3v) is 14.5. The van der Waals surface area contributed by atoms with Gasteiger partial charge in [-0.3, -0.25) is 0 Å². The number of hydrogen-bond donors (Lipinski definition) is 0. The van der Waals surface area contributed by atoms with Crippen LogP contribution in [-0.4, -0.2) is 47.3 Å². The highest BCUT2D eigenvalue weighted by atomic mass is 16.6. The van der Waals surface area contributed by atoms with Crippen molar-refractivity contribution < 1.29 is 38.1 Å². The molecule has 0 aromatic carbocycles. The molecule has 4 saturated carbocycles. The minimum Gasteiger partial charge on any atom is -0.459 e. The van der Waals surface area contributed by atoms with Crippen LogP contribution >= 0.6 is 0 Å². The molecule has 48 heavy (non-hydrogen) atoms. The summed E-state index contributed by atoms with van der Waals surface area (Å²) in [4.78, 5) is 53.0. The number of ether oxygens (including phenoxy) is 4. The van der Waals surface area contributed by atoms with E-state index in [0.29, 0.717) is 48.0 Å². The van der Waals surface area contributed by atoms with Gasteiger partial charge in [-0.1, -0.05) is 39.8 Å². The van der Waals surface area contributed by atoms with E-state index in [9.17, 15) is 19.2 Å². The second-order valence-corrected chi connectivity index (χ2v) is 16.4. The van der Waals surface area contributed by atoms with E-state index >= 15 is 0 Å². The van der Waals surface area contributed by atoms with Crippen molar-refractivity contribution in [2.45, 2.75) is 144 Å². The van der Waals surface area contributed by atoms with Crippen molar-refractivity contribution in [2.75, 3.05) is 0 Å². The van der Waals surface area contributed by atoms with E-state index in [-0.39, 0.29) is 70.6 Å². The second-order valence-electron chi connectivity index (χ2n) is 16.4. The summed E-state index contributed by atoms with van der Waals surface area (Å²) in [7, 11) is 0. The van der Waals surface area contributed by atoms with Crippen LogP contribution in [0.1, 0.15) is 121 Å². The van der Waals surface area contributed by atoms with Crippen LogP contribution in [-0.2, 0) is 38.1 Å². The fourth-order valence-electron chi connectivity index (χ4n) is 10.5. The second kappa shape index (κ2) is 11.7. The molecule has 2 heterocycles. The minimum atomic E-state index is -1.08. The quantitative estimate of drug-likeness (QED) is 0.168. The number of allylic oxidation sites excluding steroid dienone is 2. The number of fused-ring (bicyclic) bond motifs is 5. The van der Waals surface area contributed by atoms with Gasteiger partial charge < -0.3 is 18.9 Å². The number of hydrogen-bond acceptors (Lipinski definition) is 8. The SMILES string of the molecule is CC=C(C)C(=O)OC1CCC2CC3(C45CC6CCC(OC(=O)C(C)=CC)C(C)C6(C)CC4=C(C)C(=O)O5)OC(=O)C(C)=C3CC2(C)C1C. The zero-order valence-electron chi connectivity index (χ0n) is 30.5. The molecule has 2 aliphatic heterocycles. The van der Waals surface area contributed by atoms with E-state index in [0.717, 1.165) is 36.8 Å².